The summed E-state index contributed by atoms with van der Waals surface area (Å²) < 4.78 is 0. The van der Waals surface area contributed by atoms with Gasteiger partial charge in [0.2, 0.25) is 0 Å². The molecule has 0 heterocycles. The Labute approximate surface area is 50.8 Å². The van der Waals surface area contributed by atoms with Crippen molar-refractivity contribution in [2.24, 2.45) is 0 Å². The summed E-state index contributed by atoms with van der Waals surface area (Å²) in [6, 6.07) is 0. The first-order valence-corrected chi connectivity index (χ1v) is 5.64. The van der Waals surface area contributed by atoms with Gasteiger partial charge in [-0.3, -0.25) is 0 Å². The highest BCUT2D eigenvalue weighted by molar-refractivity contribution is 8.54. The van der Waals surface area contributed by atoms with Crippen molar-refractivity contribution in [3.8, 4) is 0 Å². The molecule has 0 spiro atoms. The summed E-state index contributed by atoms with van der Waals surface area (Å²) in [5.74, 6) is 0. The molecule has 0 rings (SSSR count). The van der Waals surface area contributed by atoms with Crippen LogP contribution in [0, 0.1) is 5.41 Å². The van der Waals surface area contributed by atoms with Gasteiger partial charge in [0, 0.05) is 5.55 Å². The molecule has 48 valence electrons. The third kappa shape index (κ3) is 2.10. The van der Waals surface area contributed by atoms with Gasteiger partial charge in [-0.15, -0.1) is 5.02 Å². The van der Waals surface area contributed by atoms with Gasteiger partial charge in [-0.1, -0.05) is 6.58 Å². The summed E-state index contributed by atoms with van der Waals surface area (Å²) in [6.07, 6.45) is 6.03. The average molecular weight is 131 g/mol. The van der Waals surface area contributed by atoms with Crippen LogP contribution in [0.25, 0.3) is 0 Å². The van der Waals surface area contributed by atoms with Gasteiger partial charge in [0.1, 0.15) is 0 Å². The molecule has 1 N–H and O–H groups in total. The second kappa shape index (κ2) is 1.57. The molecular weight excluding hydrogens is 118 g/mol. The zero-order valence-electron chi connectivity index (χ0n) is 5.69. The Morgan fingerprint density at radius 2 is 1.88 bits per heavy atom. The Kier molecular flexibility index (Phi) is 1.51. The smallest absolute Gasteiger partial charge is 0.0355 e. The van der Waals surface area contributed by atoms with Gasteiger partial charge < -0.3 is 5.41 Å². The van der Waals surface area contributed by atoms with E-state index < -0.39 is 8.75 Å². The van der Waals surface area contributed by atoms with Crippen molar-refractivity contribution in [3.63, 3.8) is 0 Å². The lowest BCUT2D eigenvalue weighted by Crippen LogP contribution is -2.01. The molecule has 0 atom stereocenters. The van der Waals surface area contributed by atoms with Crippen molar-refractivity contribution in [2.75, 3.05) is 18.8 Å². The maximum atomic E-state index is 7.02. The van der Waals surface area contributed by atoms with Crippen molar-refractivity contribution < 1.29 is 0 Å². The summed E-state index contributed by atoms with van der Waals surface area (Å²) >= 11 is 0. The van der Waals surface area contributed by atoms with Crippen LogP contribution in [-0.2, 0) is 0 Å². The van der Waals surface area contributed by atoms with Crippen LogP contribution < -0.4 is 0 Å². The fraction of sp³-hybridized carbons (Fsp3) is 0.500. The van der Waals surface area contributed by atoms with Gasteiger partial charge >= 0.3 is 0 Å². The first-order chi connectivity index (χ1) is 3.39. The monoisotopic (exact) mass is 131 g/mol. The second-order valence-electron chi connectivity index (χ2n) is 2.92. The van der Waals surface area contributed by atoms with Crippen LogP contribution in [0.3, 0.4) is 0 Å². The molecule has 0 aromatic rings. The van der Waals surface area contributed by atoms with Crippen molar-refractivity contribution in [2.45, 2.75) is 0 Å². The standard InChI is InChI=1S/C6H13NS/c1-5-8(2,3,4)6-7/h6-7H,1H2,2-4H3. The van der Waals surface area contributed by atoms with Crippen LogP contribution >= 0.6 is 8.75 Å². The molecule has 2 heteroatoms. The van der Waals surface area contributed by atoms with Gasteiger partial charge in [0.25, 0.3) is 0 Å². The molecule has 0 saturated heterocycles. The van der Waals surface area contributed by atoms with Crippen LogP contribution in [0.4, 0.5) is 0 Å². The van der Waals surface area contributed by atoms with Crippen molar-refractivity contribution in [1.82, 2.24) is 0 Å². The summed E-state index contributed by atoms with van der Waals surface area (Å²) in [4.78, 5) is 0. The second-order valence-corrected chi connectivity index (χ2v) is 8.77. The lowest BCUT2D eigenvalue weighted by atomic mass is 11.3. The Bertz CT molecular complexity index is 180. The minimum atomic E-state index is -1.70. The van der Waals surface area contributed by atoms with Gasteiger partial charge in [-0.05, 0) is 18.8 Å². The molecule has 1 nitrogen and oxygen atoms in total. The van der Waals surface area contributed by atoms with E-state index >= 15 is 0 Å². The van der Waals surface area contributed by atoms with Gasteiger partial charge in [-0.2, -0.15) is 8.75 Å². The Hall–Kier alpha value is -0.330. The normalized spacial score (nSPS) is 15.6. The maximum Gasteiger partial charge on any atom is 0.0355 e. The zero-order valence-corrected chi connectivity index (χ0v) is 6.51. The highest BCUT2D eigenvalue weighted by Gasteiger charge is 2.06. The zero-order chi connectivity index (χ0) is 6.86. The predicted octanol–water partition coefficient (Wildman–Crippen LogP) is 1.41. The van der Waals surface area contributed by atoms with E-state index in [9.17, 15) is 0 Å². The van der Waals surface area contributed by atoms with Gasteiger partial charge in [0.05, 0.1) is 0 Å². The van der Waals surface area contributed by atoms with Crippen LogP contribution in [0.2, 0.25) is 0 Å². The van der Waals surface area contributed by atoms with Crippen LogP contribution in [-0.4, -0.2) is 29.3 Å². The Morgan fingerprint density at radius 1 is 1.50 bits per heavy atom. The maximum absolute atomic E-state index is 7.02. The quantitative estimate of drug-likeness (QED) is 0.316. The Morgan fingerprint density at radius 3 is 1.88 bits per heavy atom. The van der Waals surface area contributed by atoms with E-state index in [2.05, 4.69) is 11.6 Å². The van der Waals surface area contributed by atoms with Gasteiger partial charge in [0.15, 0.2) is 0 Å². The first-order valence-electron chi connectivity index (χ1n) is 2.31. The van der Waals surface area contributed by atoms with E-state index in [1.807, 2.05) is 18.8 Å². The molecule has 0 aliphatic rings. The SMILES string of the molecule is C=C=S(C)(C)(C)C=N. The minimum Gasteiger partial charge on any atom is -0.303 e. The van der Waals surface area contributed by atoms with Crippen LogP contribution in [0.5, 0.6) is 0 Å². The molecule has 0 amide bonds. The van der Waals surface area contributed by atoms with Gasteiger partial charge in [-0.25, -0.2) is 0 Å². The van der Waals surface area contributed by atoms with Crippen molar-refractivity contribution in [3.05, 3.63) is 6.58 Å². The van der Waals surface area contributed by atoms with E-state index in [-0.39, 0.29) is 0 Å². The molecule has 0 aliphatic heterocycles. The van der Waals surface area contributed by atoms with E-state index in [1.165, 1.54) is 5.55 Å². The largest absolute Gasteiger partial charge is 0.303 e. The topological polar surface area (TPSA) is 23.9 Å². The third-order valence-electron chi connectivity index (χ3n) is 0.929. The fourth-order valence-electron chi connectivity index (χ4n) is 0.0417. The van der Waals surface area contributed by atoms with E-state index in [4.69, 9.17) is 5.41 Å². The molecule has 0 unspecified atom stereocenters. The van der Waals surface area contributed by atoms with E-state index in [0.717, 1.165) is 0 Å². The van der Waals surface area contributed by atoms with E-state index in [0.29, 0.717) is 0 Å². The highest BCUT2D eigenvalue weighted by Crippen LogP contribution is 2.41. The lowest BCUT2D eigenvalue weighted by Gasteiger charge is -2.27. The molecule has 0 aromatic carbocycles. The van der Waals surface area contributed by atoms with Crippen LogP contribution in [0.15, 0.2) is 6.58 Å². The fourth-order valence-corrected chi connectivity index (χ4v) is 0.125. The molecule has 0 aliphatic carbocycles. The average Bonchev–Trinajstić information content (AvgIpc) is 1.68. The first kappa shape index (κ1) is 7.67. The number of hydrogen-bond donors (Lipinski definition) is 1. The number of rotatable bonds is 1. The van der Waals surface area contributed by atoms with E-state index in [1.54, 1.807) is 0 Å². The molecule has 8 heavy (non-hydrogen) atoms. The van der Waals surface area contributed by atoms with Crippen molar-refractivity contribution >= 4 is 19.3 Å². The summed E-state index contributed by atoms with van der Waals surface area (Å²) in [5, 5.41) is 9.91. The highest BCUT2D eigenvalue weighted by atomic mass is 32.3. The predicted molar refractivity (Wildman–Crippen MR) is 44.8 cm³/mol. The number of hydrogen-bond acceptors (Lipinski definition) is 1. The molecule has 0 fully saturated rings. The molecule has 0 aromatic heterocycles. The van der Waals surface area contributed by atoms with Crippen LogP contribution in [0.1, 0.15) is 0 Å². The summed E-state index contributed by atoms with van der Waals surface area (Å²) in [6.45, 7) is 3.55. The molecule has 0 bridgehead atoms. The molecule has 0 saturated carbocycles. The third-order valence-corrected chi connectivity index (χ3v) is 2.79. The number of nitrogens with one attached hydrogen (secondary N) is 1. The Balaban J connectivity index is 5.12. The lowest BCUT2D eigenvalue weighted by molar-refractivity contribution is 1.60. The summed E-state index contributed by atoms with van der Waals surface area (Å²) in [7, 11) is -1.70. The van der Waals surface area contributed by atoms with Crippen molar-refractivity contribution in [1.29, 1.82) is 5.41 Å². The minimum absolute atomic E-state index is 1.45. The molecule has 0 radical (unpaired) electrons. The molecular formula is C6H13NS. The summed E-state index contributed by atoms with van der Waals surface area (Å²) in [5.41, 5.74) is 1.45.